The fraction of sp³-hybridized carbons (Fsp3) is 0.222. The molecule has 0 aromatic heterocycles. The molecule has 0 aliphatic rings. The molecule has 1 rings (SSSR count). The van der Waals surface area contributed by atoms with Gasteiger partial charge in [0.05, 0.1) is 16.1 Å². The first kappa shape index (κ1) is 10.7. The molecule has 0 spiro atoms. The van der Waals surface area contributed by atoms with E-state index in [1.165, 1.54) is 12.3 Å². The molecule has 0 heterocycles. The number of carbonyl (C=O) groups is 1. The highest BCUT2D eigenvalue weighted by molar-refractivity contribution is 7.91. The van der Waals surface area contributed by atoms with Gasteiger partial charge in [-0.15, -0.1) is 0 Å². The first-order chi connectivity index (χ1) is 6.39. The van der Waals surface area contributed by atoms with E-state index in [4.69, 9.17) is 9.89 Å². The Kier molecular flexibility index (Phi) is 2.90. The van der Waals surface area contributed by atoms with Crippen LogP contribution in [0.3, 0.4) is 0 Å². The lowest BCUT2D eigenvalue weighted by molar-refractivity contribution is -0.136. The molecule has 0 amide bonds. The Hall–Kier alpha value is -1.36. The third-order valence-electron chi connectivity index (χ3n) is 1.70. The van der Waals surface area contributed by atoms with E-state index in [0.717, 1.165) is 0 Å². The largest absolute Gasteiger partial charge is 0.481 e. The molecule has 14 heavy (non-hydrogen) atoms. The maximum Gasteiger partial charge on any atom is 0.307 e. The first-order valence-corrected chi connectivity index (χ1v) is 5.91. The third kappa shape index (κ3) is 2.85. The van der Waals surface area contributed by atoms with Gasteiger partial charge < -0.3 is 5.11 Å². The van der Waals surface area contributed by atoms with Crippen molar-refractivity contribution in [2.24, 2.45) is 0 Å². The van der Waals surface area contributed by atoms with Crippen LogP contribution in [0.15, 0.2) is 29.2 Å². The summed E-state index contributed by atoms with van der Waals surface area (Å²) in [5.74, 6) is -0.935. The number of carboxylic acids is 1. The van der Waals surface area contributed by atoms with Gasteiger partial charge >= 0.3 is 5.97 Å². The molecule has 1 unspecified atom stereocenters. The molecule has 0 saturated heterocycles. The molecule has 0 aliphatic carbocycles. The summed E-state index contributed by atoms with van der Waals surface area (Å²) < 4.78 is 18.7. The molecule has 4 nitrogen and oxygen atoms in total. The number of hydrogen-bond donors (Lipinski definition) is 2. The van der Waals surface area contributed by atoms with Crippen molar-refractivity contribution in [3.8, 4) is 0 Å². The van der Waals surface area contributed by atoms with Crippen molar-refractivity contribution in [2.45, 2.75) is 11.3 Å². The van der Waals surface area contributed by atoms with Crippen molar-refractivity contribution < 1.29 is 14.1 Å². The average Bonchev–Trinajstić information content (AvgIpc) is 2.01. The van der Waals surface area contributed by atoms with Crippen molar-refractivity contribution in [1.82, 2.24) is 0 Å². The quantitative estimate of drug-likeness (QED) is 0.795. The van der Waals surface area contributed by atoms with Crippen molar-refractivity contribution in [2.75, 3.05) is 6.26 Å². The Balaban J connectivity index is 3.08. The fourth-order valence-electron chi connectivity index (χ4n) is 1.07. The van der Waals surface area contributed by atoms with Gasteiger partial charge in [0.2, 0.25) is 0 Å². The van der Waals surface area contributed by atoms with E-state index in [1.54, 1.807) is 18.2 Å². The van der Waals surface area contributed by atoms with E-state index in [1.807, 2.05) is 0 Å². The van der Waals surface area contributed by atoms with Gasteiger partial charge in [0.25, 0.3) is 0 Å². The maximum atomic E-state index is 11.3. The molecule has 0 bridgehead atoms. The molecule has 76 valence electrons. The maximum absolute atomic E-state index is 11.3. The zero-order valence-electron chi connectivity index (χ0n) is 7.69. The van der Waals surface area contributed by atoms with E-state index >= 15 is 0 Å². The van der Waals surface area contributed by atoms with Gasteiger partial charge in [0, 0.05) is 11.2 Å². The number of nitrogens with one attached hydrogen (secondary N) is 1. The lowest BCUT2D eigenvalue weighted by Gasteiger charge is -2.02. The lowest BCUT2D eigenvalue weighted by atomic mass is 10.2. The molecule has 1 aromatic rings. The Morgan fingerprint density at radius 3 is 2.71 bits per heavy atom. The van der Waals surface area contributed by atoms with E-state index in [9.17, 15) is 9.00 Å². The van der Waals surface area contributed by atoms with E-state index in [-0.39, 0.29) is 6.42 Å². The van der Waals surface area contributed by atoms with Crippen LogP contribution >= 0.6 is 0 Å². The monoisotopic (exact) mass is 213 g/mol. The van der Waals surface area contributed by atoms with Crippen LogP contribution in [0.2, 0.25) is 0 Å². The lowest BCUT2D eigenvalue weighted by Crippen LogP contribution is -2.02. The summed E-state index contributed by atoms with van der Waals surface area (Å²) >= 11 is 0. The topological polar surface area (TPSA) is 78.2 Å². The van der Waals surface area contributed by atoms with Crippen molar-refractivity contribution >= 4 is 15.7 Å². The highest BCUT2D eigenvalue weighted by atomic mass is 32.2. The number of carboxylic acid groups (broad SMARTS) is 1. The van der Waals surface area contributed by atoms with Crippen molar-refractivity contribution in [3.05, 3.63) is 29.8 Å². The minimum Gasteiger partial charge on any atom is -0.481 e. The molecule has 1 aromatic carbocycles. The summed E-state index contributed by atoms with van der Waals surface area (Å²) in [5, 5.41) is 8.54. The van der Waals surface area contributed by atoms with Crippen LogP contribution in [0, 0.1) is 4.78 Å². The Bertz CT molecular complexity index is 451. The molecular formula is C9H11NO3S. The van der Waals surface area contributed by atoms with Crippen molar-refractivity contribution in [1.29, 1.82) is 4.78 Å². The Morgan fingerprint density at radius 2 is 2.21 bits per heavy atom. The van der Waals surface area contributed by atoms with Crippen molar-refractivity contribution in [3.63, 3.8) is 0 Å². The number of rotatable bonds is 3. The van der Waals surface area contributed by atoms with Crippen LogP contribution in [-0.4, -0.2) is 21.5 Å². The fourth-order valence-corrected chi connectivity index (χ4v) is 1.79. The second kappa shape index (κ2) is 3.79. The molecule has 1 atom stereocenters. The van der Waals surface area contributed by atoms with Crippen LogP contribution in [-0.2, 0) is 20.9 Å². The van der Waals surface area contributed by atoms with Crippen LogP contribution in [0.25, 0.3) is 0 Å². The second-order valence-corrected chi connectivity index (χ2v) is 5.22. The van der Waals surface area contributed by atoms with Gasteiger partial charge in [-0.25, -0.2) is 8.99 Å². The molecule has 0 aliphatic heterocycles. The normalized spacial score (nSPS) is 14.6. The zero-order valence-corrected chi connectivity index (χ0v) is 8.50. The van der Waals surface area contributed by atoms with Gasteiger partial charge in [-0.05, 0) is 17.7 Å². The average molecular weight is 213 g/mol. The van der Waals surface area contributed by atoms with Crippen LogP contribution < -0.4 is 0 Å². The summed E-state index contributed by atoms with van der Waals surface area (Å²) in [6.45, 7) is 0. The Morgan fingerprint density at radius 1 is 1.57 bits per heavy atom. The highest BCUT2D eigenvalue weighted by Gasteiger charge is 2.05. The zero-order chi connectivity index (χ0) is 10.8. The minimum atomic E-state index is -2.75. The van der Waals surface area contributed by atoms with Crippen LogP contribution in [0.5, 0.6) is 0 Å². The molecule has 0 fully saturated rings. The van der Waals surface area contributed by atoms with Gasteiger partial charge in [-0.3, -0.25) is 4.79 Å². The third-order valence-corrected chi connectivity index (χ3v) is 2.86. The smallest absolute Gasteiger partial charge is 0.307 e. The first-order valence-electron chi connectivity index (χ1n) is 3.94. The summed E-state index contributed by atoms with van der Waals surface area (Å²) in [6.07, 6.45) is 1.20. The second-order valence-electron chi connectivity index (χ2n) is 3.06. The predicted octanol–water partition coefficient (Wildman–Crippen LogP) is 1.35. The summed E-state index contributed by atoms with van der Waals surface area (Å²) in [7, 11) is -2.75. The molecule has 2 N–H and O–H groups in total. The standard InChI is InChI=1S/C9H11NO3S/c1-14(10,13)8-4-2-3-7(5-8)6-9(11)12/h2-5,10H,6H2,1H3,(H,11,12). The number of aliphatic carboxylic acids is 1. The minimum absolute atomic E-state index is 0.108. The molecule has 5 heteroatoms. The molecular weight excluding hydrogens is 202 g/mol. The highest BCUT2D eigenvalue weighted by Crippen LogP contribution is 2.12. The van der Waals surface area contributed by atoms with Gasteiger partial charge in [0.15, 0.2) is 0 Å². The number of benzene rings is 1. The van der Waals surface area contributed by atoms with Crippen LogP contribution in [0.4, 0.5) is 0 Å². The summed E-state index contributed by atoms with van der Waals surface area (Å²) in [5.41, 5.74) is 0.567. The van der Waals surface area contributed by atoms with Crippen LogP contribution in [0.1, 0.15) is 5.56 Å². The molecule has 0 radical (unpaired) electrons. The number of hydrogen-bond acceptors (Lipinski definition) is 3. The van der Waals surface area contributed by atoms with Gasteiger partial charge in [0.1, 0.15) is 0 Å². The van der Waals surface area contributed by atoms with Gasteiger partial charge in [-0.1, -0.05) is 12.1 Å². The molecule has 0 saturated carbocycles. The van der Waals surface area contributed by atoms with Gasteiger partial charge in [-0.2, -0.15) is 0 Å². The Labute approximate surface area is 82.6 Å². The van der Waals surface area contributed by atoms with E-state index in [0.29, 0.717) is 10.5 Å². The SMILES string of the molecule is CS(=N)(=O)c1cccc(CC(=O)O)c1. The van der Waals surface area contributed by atoms with E-state index in [2.05, 4.69) is 0 Å². The summed E-state index contributed by atoms with van der Waals surface area (Å²) in [4.78, 5) is 10.8. The van der Waals surface area contributed by atoms with E-state index < -0.39 is 15.7 Å². The predicted molar refractivity (Wildman–Crippen MR) is 52.8 cm³/mol. The summed E-state index contributed by atoms with van der Waals surface area (Å²) in [6, 6.07) is 6.33.